The number of aromatic nitrogens is 1. The quantitative estimate of drug-likeness (QED) is 0.430. The van der Waals surface area contributed by atoms with Crippen molar-refractivity contribution in [3.63, 3.8) is 0 Å². The molecule has 5 heteroatoms. The summed E-state index contributed by atoms with van der Waals surface area (Å²) in [7, 11) is 0. The third kappa shape index (κ3) is 4.66. The van der Waals surface area contributed by atoms with E-state index >= 15 is 0 Å². The molecule has 138 valence electrons. The van der Waals surface area contributed by atoms with Gasteiger partial charge in [-0.3, -0.25) is 0 Å². The largest absolute Gasteiger partial charge is 0.488 e. The van der Waals surface area contributed by atoms with Gasteiger partial charge in [-0.25, -0.2) is 9.78 Å². The molecule has 0 atom stereocenters. The zero-order valence-corrected chi connectivity index (χ0v) is 16.0. The summed E-state index contributed by atoms with van der Waals surface area (Å²) < 4.78 is 11.4. The van der Waals surface area contributed by atoms with Gasteiger partial charge in [-0.2, -0.15) is 0 Å². The van der Waals surface area contributed by atoms with Crippen LogP contribution in [0.3, 0.4) is 0 Å². The van der Waals surface area contributed by atoms with Crippen molar-refractivity contribution in [1.29, 1.82) is 0 Å². The van der Waals surface area contributed by atoms with Crippen molar-refractivity contribution in [2.75, 3.05) is 0 Å². The van der Waals surface area contributed by atoms with E-state index in [4.69, 9.17) is 21.1 Å². The number of hydrogen-bond donors (Lipinski definition) is 0. The number of halogens is 1. The van der Waals surface area contributed by atoms with Crippen LogP contribution >= 0.6 is 11.6 Å². The van der Waals surface area contributed by atoms with Crippen molar-refractivity contribution >= 4 is 17.6 Å². The monoisotopic (exact) mass is 381 g/mol. The zero-order chi connectivity index (χ0) is 19.2. The molecule has 0 amide bonds. The van der Waals surface area contributed by atoms with Gasteiger partial charge in [-0.15, -0.1) is 0 Å². The molecule has 0 aliphatic carbocycles. The highest BCUT2D eigenvalue weighted by Gasteiger charge is 2.23. The van der Waals surface area contributed by atoms with Crippen LogP contribution in [0, 0.1) is 13.8 Å². The van der Waals surface area contributed by atoms with E-state index < -0.39 is 5.97 Å². The molecule has 0 bridgehead atoms. The van der Waals surface area contributed by atoms with Gasteiger partial charge in [0.25, 0.3) is 0 Å². The minimum absolute atomic E-state index is 0.0826. The highest BCUT2D eigenvalue weighted by Crippen LogP contribution is 2.32. The standard InChI is InChI=1S/C22H20ClNO3/c1-15-16(2)24-21(23)19(20(15)26-13-17-9-5-3-6-10-17)22(25)27-14-18-11-7-4-8-12-18/h3-12H,13-14H2,1-2H3. The Kier molecular flexibility index (Phi) is 6.09. The molecule has 3 aromatic rings. The van der Waals surface area contributed by atoms with E-state index in [0.29, 0.717) is 18.1 Å². The molecule has 0 aliphatic rings. The number of nitrogens with zero attached hydrogens (tertiary/aromatic N) is 1. The number of ether oxygens (including phenoxy) is 2. The van der Waals surface area contributed by atoms with Gasteiger partial charge in [0.2, 0.25) is 0 Å². The van der Waals surface area contributed by atoms with Crippen LogP contribution < -0.4 is 4.74 Å². The molecule has 1 heterocycles. The number of rotatable bonds is 6. The number of carbonyl (C=O) groups excluding carboxylic acids is 1. The highest BCUT2D eigenvalue weighted by molar-refractivity contribution is 6.32. The van der Waals surface area contributed by atoms with E-state index in [1.54, 1.807) is 0 Å². The number of esters is 1. The predicted octanol–water partition coefficient (Wildman–Crippen LogP) is 5.29. The first-order valence-corrected chi connectivity index (χ1v) is 8.98. The molecule has 0 radical (unpaired) electrons. The number of hydrogen-bond acceptors (Lipinski definition) is 4. The second kappa shape index (κ2) is 8.69. The molecule has 4 nitrogen and oxygen atoms in total. The fourth-order valence-corrected chi connectivity index (χ4v) is 2.90. The van der Waals surface area contributed by atoms with E-state index in [0.717, 1.165) is 16.7 Å². The number of aryl methyl sites for hydroxylation is 1. The average molecular weight is 382 g/mol. The predicted molar refractivity (Wildman–Crippen MR) is 105 cm³/mol. The van der Waals surface area contributed by atoms with Crippen LogP contribution in [0.1, 0.15) is 32.7 Å². The Morgan fingerprint density at radius 3 is 2.07 bits per heavy atom. The molecule has 1 aromatic heterocycles. The third-order valence-corrected chi connectivity index (χ3v) is 4.50. The fraction of sp³-hybridized carbons (Fsp3) is 0.182. The SMILES string of the molecule is Cc1nc(Cl)c(C(=O)OCc2ccccc2)c(OCc2ccccc2)c1C. The van der Waals surface area contributed by atoms with E-state index in [1.165, 1.54) is 0 Å². The van der Waals surface area contributed by atoms with Crippen molar-refractivity contribution in [2.45, 2.75) is 27.1 Å². The van der Waals surface area contributed by atoms with Gasteiger partial charge < -0.3 is 9.47 Å². The number of carbonyl (C=O) groups is 1. The molecule has 0 fully saturated rings. The molecule has 27 heavy (non-hydrogen) atoms. The Labute approximate surface area is 163 Å². The van der Waals surface area contributed by atoms with Crippen molar-refractivity contribution < 1.29 is 14.3 Å². The minimum atomic E-state index is -0.553. The summed E-state index contributed by atoms with van der Waals surface area (Å²) in [6, 6.07) is 19.2. The van der Waals surface area contributed by atoms with Gasteiger partial charge in [-0.1, -0.05) is 72.3 Å². The van der Waals surface area contributed by atoms with Crippen molar-refractivity contribution in [2.24, 2.45) is 0 Å². The Hall–Kier alpha value is -2.85. The molecule has 3 rings (SSSR count). The third-order valence-electron chi connectivity index (χ3n) is 4.23. The first kappa shape index (κ1) is 18.9. The summed E-state index contributed by atoms with van der Waals surface area (Å²) in [4.78, 5) is 17.0. The average Bonchev–Trinajstić information content (AvgIpc) is 2.69. The normalized spacial score (nSPS) is 10.5. The van der Waals surface area contributed by atoms with Gasteiger partial charge in [0.15, 0.2) is 0 Å². The van der Waals surface area contributed by atoms with Gasteiger partial charge in [0.1, 0.15) is 29.7 Å². The Morgan fingerprint density at radius 1 is 0.926 bits per heavy atom. The zero-order valence-electron chi connectivity index (χ0n) is 15.2. The van der Waals surface area contributed by atoms with Crippen LogP contribution in [0.4, 0.5) is 0 Å². The Balaban J connectivity index is 1.84. The maximum absolute atomic E-state index is 12.7. The summed E-state index contributed by atoms with van der Waals surface area (Å²) in [5.74, 6) is -0.142. The topological polar surface area (TPSA) is 48.4 Å². The second-order valence-corrected chi connectivity index (χ2v) is 6.51. The van der Waals surface area contributed by atoms with Crippen LogP contribution in [0.5, 0.6) is 5.75 Å². The molecule has 0 aliphatic heterocycles. The summed E-state index contributed by atoms with van der Waals surface area (Å²) in [6.45, 7) is 4.16. The minimum Gasteiger partial charge on any atom is -0.488 e. The molecular weight excluding hydrogens is 362 g/mol. The number of benzene rings is 2. The van der Waals surface area contributed by atoms with E-state index in [2.05, 4.69) is 4.98 Å². The molecule has 0 N–H and O–H groups in total. The van der Waals surface area contributed by atoms with Gasteiger partial charge >= 0.3 is 5.97 Å². The highest BCUT2D eigenvalue weighted by atomic mass is 35.5. The maximum atomic E-state index is 12.7. The summed E-state index contributed by atoms with van der Waals surface area (Å²) in [5.41, 5.74) is 3.52. The summed E-state index contributed by atoms with van der Waals surface area (Å²) in [5, 5.41) is 0.0826. The van der Waals surface area contributed by atoms with Crippen molar-refractivity contribution in [3.8, 4) is 5.75 Å². The van der Waals surface area contributed by atoms with Crippen LogP contribution in [-0.4, -0.2) is 11.0 Å². The lowest BCUT2D eigenvalue weighted by Crippen LogP contribution is -2.12. The number of pyridine rings is 1. The summed E-state index contributed by atoms with van der Waals surface area (Å²) >= 11 is 6.27. The summed E-state index contributed by atoms with van der Waals surface area (Å²) in [6.07, 6.45) is 0. The van der Waals surface area contributed by atoms with Gasteiger partial charge in [0, 0.05) is 11.3 Å². The van der Waals surface area contributed by atoms with Crippen LogP contribution in [0.15, 0.2) is 60.7 Å². The van der Waals surface area contributed by atoms with Gasteiger partial charge in [0.05, 0.1) is 0 Å². The van der Waals surface area contributed by atoms with Crippen molar-refractivity contribution in [3.05, 3.63) is 93.8 Å². The molecular formula is C22H20ClNO3. The lowest BCUT2D eigenvalue weighted by atomic mass is 10.1. The van der Waals surface area contributed by atoms with Crippen LogP contribution in [0.2, 0.25) is 5.15 Å². The first-order chi connectivity index (χ1) is 13.1. The van der Waals surface area contributed by atoms with Crippen LogP contribution in [-0.2, 0) is 18.0 Å². The fourth-order valence-electron chi connectivity index (χ4n) is 2.61. The van der Waals surface area contributed by atoms with Gasteiger partial charge in [-0.05, 0) is 25.0 Å². The first-order valence-electron chi connectivity index (χ1n) is 8.60. The molecule has 2 aromatic carbocycles. The van der Waals surface area contributed by atoms with E-state index in [1.807, 2.05) is 74.5 Å². The van der Waals surface area contributed by atoms with E-state index in [9.17, 15) is 4.79 Å². The smallest absolute Gasteiger partial charge is 0.345 e. The molecule has 0 spiro atoms. The second-order valence-electron chi connectivity index (χ2n) is 6.15. The molecule has 0 saturated heterocycles. The maximum Gasteiger partial charge on any atom is 0.345 e. The Morgan fingerprint density at radius 2 is 1.48 bits per heavy atom. The lowest BCUT2D eigenvalue weighted by molar-refractivity contribution is 0.0467. The Bertz CT molecular complexity index is 927. The molecule has 0 unspecified atom stereocenters. The van der Waals surface area contributed by atoms with E-state index in [-0.39, 0.29) is 17.3 Å². The van der Waals surface area contributed by atoms with Crippen LogP contribution in [0.25, 0.3) is 0 Å². The van der Waals surface area contributed by atoms with Crippen molar-refractivity contribution in [1.82, 2.24) is 4.98 Å². The lowest BCUT2D eigenvalue weighted by Gasteiger charge is -2.16. The molecule has 0 saturated carbocycles.